The summed E-state index contributed by atoms with van der Waals surface area (Å²) in [4.78, 5) is 29.0. The summed E-state index contributed by atoms with van der Waals surface area (Å²) in [6, 6.07) is 19.1. The summed E-state index contributed by atoms with van der Waals surface area (Å²) >= 11 is 0. The van der Waals surface area contributed by atoms with Crippen LogP contribution in [0.15, 0.2) is 72.8 Å². The van der Waals surface area contributed by atoms with E-state index in [1.54, 1.807) is 4.90 Å². The van der Waals surface area contributed by atoms with Crippen LogP contribution in [0.1, 0.15) is 49.8 Å². The van der Waals surface area contributed by atoms with E-state index < -0.39 is 27.7 Å². The first-order valence-corrected chi connectivity index (χ1v) is 15.9. The minimum absolute atomic E-state index is 0.0322. The van der Waals surface area contributed by atoms with E-state index in [2.05, 4.69) is 5.32 Å². The number of carbonyl (C=O) groups excluding carboxylic acids is 2. The van der Waals surface area contributed by atoms with Crippen molar-refractivity contribution < 1.29 is 26.8 Å². The molecule has 2 atom stereocenters. The lowest BCUT2D eigenvalue weighted by atomic mass is 10.0. The Morgan fingerprint density at radius 3 is 2.19 bits per heavy atom. The lowest BCUT2D eigenvalue weighted by Gasteiger charge is -2.32. The quantitative estimate of drug-likeness (QED) is 0.270. The van der Waals surface area contributed by atoms with Crippen LogP contribution >= 0.6 is 0 Å². The van der Waals surface area contributed by atoms with Gasteiger partial charge in [0.15, 0.2) is 11.6 Å². The van der Waals surface area contributed by atoms with Crippen LogP contribution in [0.4, 0.5) is 14.5 Å². The van der Waals surface area contributed by atoms with Crippen molar-refractivity contribution in [2.75, 3.05) is 17.1 Å². The van der Waals surface area contributed by atoms with E-state index in [9.17, 15) is 26.8 Å². The second-order valence-corrected chi connectivity index (χ2v) is 12.5. The van der Waals surface area contributed by atoms with Crippen molar-refractivity contribution in [1.29, 1.82) is 0 Å². The van der Waals surface area contributed by atoms with Gasteiger partial charge in [-0.2, -0.15) is 0 Å². The van der Waals surface area contributed by atoms with Gasteiger partial charge in [0.2, 0.25) is 21.8 Å². The number of aryl methyl sites for hydroxylation is 1. The topological polar surface area (TPSA) is 86.8 Å². The number of anilines is 1. The van der Waals surface area contributed by atoms with E-state index in [1.807, 2.05) is 75.4 Å². The molecule has 7 nitrogen and oxygen atoms in total. The third kappa shape index (κ3) is 9.37. The monoisotopic (exact) mass is 599 g/mol. The fourth-order valence-electron chi connectivity index (χ4n) is 4.53. The predicted octanol–water partition coefficient (Wildman–Crippen LogP) is 5.37. The minimum atomic E-state index is -3.85. The fraction of sp³-hybridized carbons (Fsp3) is 0.375. The van der Waals surface area contributed by atoms with Crippen LogP contribution < -0.4 is 9.62 Å². The van der Waals surface area contributed by atoms with E-state index in [0.717, 1.165) is 45.8 Å². The van der Waals surface area contributed by atoms with E-state index in [-0.39, 0.29) is 49.5 Å². The highest BCUT2D eigenvalue weighted by atomic mass is 32.2. The normalized spacial score (nSPS) is 12.8. The maximum absolute atomic E-state index is 13.9. The highest BCUT2D eigenvalue weighted by Crippen LogP contribution is 2.22. The number of halogens is 2. The molecule has 0 saturated carbocycles. The second kappa shape index (κ2) is 14.9. The van der Waals surface area contributed by atoms with Crippen LogP contribution in [0.2, 0.25) is 0 Å². The van der Waals surface area contributed by atoms with E-state index in [1.165, 1.54) is 6.07 Å². The Labute approximate surface area is 247 Å². The van der Waals surface area contributed by atoms with Crippen molar-refractivity contribution in [2.45, 2.75) is 65.1 Å². The zero-order valence-electron chi connectivity index (χ0n) is 24.5. The van der Waals surface area contributed by atoms with E-state index >= 15 is 0 Å². The fourth-order valence-corrected chi connectivity index (χ4v) is 5.49. The summed E-state index contributed by atoms with van der Waals surface area (Å²) < 4.78 is 53.3. The number of amides is 2. The Morgan fingerprint density at radius 2 is 1.60 bits per heavy atom. The molecule has 226 valence electrons. The van der Waals surface area contributed by atoms with Gasteiger partial charge in [-0.15, -0.1) is 0 Å². The summed E-state index contributed by atoms with van der Waals surface area (Å²) in [5.41, 5.74) is 2.77. The maximum Gasteiger partial charge on any atom is 0.243 e. The largest absolute Gasteiger partial charge is 0.352 e. The molecule has 0 aliphatic rings. The van der Waals surface area contributed by atoms with Gasteiger partial charge in [0.25, 0.3) is 0 Å². The van der Waals surface area contributed by atoms with Crippen LogP contribution in [0.25, 0.3) is 0 Å². The molecular formula is C32H39F2N3O4S. The van der Waals surface area contributed by atoms with E-state index in [0.29, 0.717) is 6.42 Å². The van der Waals surface area contributed by atoms with Crippen LogP contribution in [0.5, 0.6) is 0 Å². The Morgan fingerprint density at radius 1 is 0.929 bits per heavy atom. The minimum Gasteiger partial charge on any atom is -0.352 e. The van der Waals surface area contributed by atoms with Gasteiger partial charge in [-0.3, -0.25) is 13.9 Å². The van der Waals surface area contributed by atoms with Crippen molar-refractivity contribution in [2.24, 2.45) is 0 Å². The molecule has 0 fully saturated rings. The van der Waals surface area contributed by atoms with Crippen LogP contribution in [0.3, 0.4) is 0 Å². The number of hydrogen-bond donors (Lipinski definition) is 1. The molecule has 0 bridgehead atoms. The number of benzene rings is 3. The molecule has 3 rings (SSSR count). The highest BCUT2D eigenvalue weighted by molar-refractivity contribution is 7.92. The molecule has 2 unspecified atom stereocenters. The smallest absolute Gasteiger partial charge is 0.243 e. The van der Waals surface area contributed by atoms with Crippen molar-refractivity contribution in [3.63, 3.8) is 0 Å². The Kier molecular flexibility index (Phi) is 11.6. The molecule has 3 aromatic rings. The maximum atomic E-state index is 13.9. The van der Waals surface area contributed by atoms with Gasteiger partial charge < -0.3 is 10.2 Å². The Hall–Kier alpha value is -3.79. The third-order valence-electron chi connectivity index (χ3n) is 7.09. The molecule has 0 aliphatic carbocycles. The SMILES string of the molecule is CCC(C)NC(=O)C(Cc1ccccc1)N(Cc1ccc(C)cc1)C(=O)CCCN(c1ccc(F)c(F)c1)S(C)(=O)=O. The number of rotatable bonds is 14. The summed E-state index contributed by atoms with van der Waals surface area (Å²) in [6.07, 6.45) is 2.02. The molecule has 3 aromatic carbocycles. The first-order chi connectivity index (χ1) is 19.9. The van der Waals surface area contributed by atoms with Crippen molar-refractivity contribution in [1.82, 2.24) is 10.2 Å². The standard InChI is InChI=1S/C32H39F2N3O4S/c1-5-24(3)35-32(39)30(20-25-10-7-6-8-11-25)36(22-26-15-13-23(2)14-16-26)31(38)12-9-19-37(42(4,40)41)27-17-18-28(33)29(34)21-27/h6-8,10-11,13-18,21,24,30H,5,9,12,19-20,22H2,1-4H3,(H,35,39). The highest BCUT2D eigenvalue weighted by Gasteiger charge is 2.31. The molecule has 0 radical (unpaired) electrons. The number of hydrogen-bond acceptors (Lipinski definition) is 4. The van der Waals surface area contributed by atoms with Crippen molar-refractivity contribution in [3.8, 4) is 0 Å². The van der Waals surface area contributed by atoms with Crippen LogP contribution in [-0.4, -0.2) is 50.0 Å². The summed E-state index contributed by atoms with van der Waals surface area (Å²) in [5, 5.41) is 3.02. The number of carbonyl (C=O) groups is 2. The van der Waals surface area contributed by atoms with Gasteiger partial charge >= 0.3 is 0 Å². The van der Waals surface area contributed by atoms with Gasteiger partial charge in [-0.25, -0.2) is 17.2 Å². The second-order valence-electron chi connectivity index (χ2n) is 10.6. The third-order valence-corrected chi connectivity index (χ3v) is 8.28. The first kappa shape index (κ1) is 32.7. The van der Waals surface area contributed by atoms with E-state index in [4.69, 9.17) is 0 Å². The molecule has 0 aliphatic heterocycles. The molecule has 1 N–H and O–H groups in total. The first-order valence-electron chi connectivity index (χ1n) is 14.0. The number of sulfonamides is 1. The molecule has 0 saturated heterocycles. The van der Waals surface area contributed by atoms with Gasteiger partial charge in [0, 0.05) is 38.0 Å². The van der Waals surface area contributed by atoms with Crippen LogP contribution in [-0.2, 0) is 32.6 Å². The molecule has 10 heteroatoms. The summed E-state index contributed by atoms with van der Waals surface area (Å²) in [7, 11) is -3.85. The van der Waals surface area contributed by atoms with Gasteiger partial charge in [-0.05, 0) is 49.9 Å². The lowest BCUT2D eigenvalue weighted by Crippen LogP contribution is -2.52. The van der Waals surface area contributed by atoms with Crippen molar-refractivity contribution in [3.05, 3.63) is 101 Å². The van der Waals surface area contributed by atoms with Gasteiger partial charge in [0.1, 0.15) is 6.04 Å². The predicted molar refractivity (Wildman–Crippen MR) is 161 cm³/mol. The summed E-state index contributed by atoms with van der Waals surface area (Å²) in [5.74, 6) is -2.85. The van der Waals surface area contributed by atoms with Crippen molar-refractivity contribution >= 4 is 27.5 Å². The Balaban J connectivity index is 1.89. The lowest BCUT2D eigenvalue weighted by molar-refractivity contribution is -0.141. The average Bonchev–Trinajstić information content (AvgIpc) is 2.95. The average molecular weight is 600 g/mol. The number of nitrogens with one attached hydrogen (secondary N) is 1. The zero-order valence-corrected chi connectivity index (χ0v) is 25.3. The molecular weight excluding hydrogens is 560 g/mol. The van der Waals surface area contributed by atoms with Crippen LogP contribution in [0, 0.1) is 18.6 Å². The number of nitrogens with zero attached hydrogens (tertiary/aromatic N) is 2. The zero-order chi connectivity index (χ0) is 30.9. The molecule has 2 amide bonds. The molecule has 0 aromatic heterocycles. The molecule has 42 heavy (non-hydrogen) atoms. The molecule has 0 heterocycles. The summed E-state index contributed by atoms with van der Waals surface area (Å²) in [6.45, 7) is 5.89. The molecule has 0 spiro atoms. The van der Waals surface area contributed by atoms with Gasteiger partial charge in [-0.1, -0.05) is 67.1 Å². The Bertz CT molecular complexity index is 1450. The van der Waals surface area contributed by atoms with Gasteiger partial charge in [0.05, 0.1) is 11.9 Å².